The molecule has 0 radical (unpaired) electrons. The summed E-state index contributed by atoms with van der Waals surface area (Å²) in [6.07, 6.45) is 0.860. The summed E-state index contributed by atoms with van der Waals surface area (Å²) in [7, 11) is 0. The fraction of sp³-hybridized carbons (Fsp3) is 0.429. The largest absolute Gasteiger partial charge is 0.343 e. The quantitative estimate of drug-likeness (QED) is 0.322. The number of carbonyl (C=O) groups excluding carboxylic acids is 2. The van der Waals surface area contributed by atoms with Crippen molar-refractivity contribution >= 4 is 23.4 Å². The molecule has 1 saturated heterocycles. The first kappa shape index (κ1) is 33.0. The lowest BCUT2D eigenvalue weighted by Crippen LogP contribution is -2.58. The number of hydrogen-bond acceptors (Lipinski definition) is 5. The summed E-state index contributed by atoms with van der Waals surface area (Å²) in [5, 5.41) is 6.96. The minimum Gasteiger partial charge on any atom is -0.343 e. The summed E-state index contributed by atoms with van der Waals surface area (Å²) in [6, 6.07) is 17.6. The minimum absolute atomic E-state index is 0.0682. The van der Waals surface area contributed by atoms with Gasteiger partial charge in [0.25, 0.3) is 0 Å². The smallest absolute Gasteiger partial charge is 0.245 e. The number of nitrogens with zero attached hydrogens (tertiary/aromatic N) is 3. The Morgan fingerprint density at radius 1 is 0.933 bits per heavy atom. The number of likely N-dealkylation sites (N-methyl/N-ethyl adjacent to an activating group) is 1. The summed E-state index contributed by atoms with van der Waals surface area (Å²) in [4.78, 5) is 33.5. The van der Waals surface area contributed by atoms with Crippen molar-refractivity contribution < 1.29 is 18.4 Å². The van der Waals surface area contributed by atoms with Gasteiger partial charge in [0.05, 0.1) is 12.1 Å². The molecule has 45 heavy (non-hydrogen) atoms. The van der Waals surface area contributed by atoms with E-state index in [-0.39, 0.29) is 17.4 Å². The van der Waals surface area contributed by atoms with Crippen LogP contribution >= 0.6 is 11.6 Å². The molecule has 10 heteroatoms. The zero-order valence-electron chi connectivity index (χ0n) is 25.9. The van der Waals surface area contributed by atoms with Crippen molar-refractivity contribution in [2.24, 2.45) is 0 Å². The Kier molecular flexibility index (Phi) is 11.2. The third-order valence-corrected chi connectivity index (χ3v) is 9.34. The highest BCUT2D eigenvalue weighted by atomic mass is 35.5. The van der Waals surface area contributed by atoms with Gasteiger partial charge in [-0.15, -0.1) is 0 Å². The number of piperazine rings is 1. The molecule has 2 amide bonds. The molecule has 1 unspecified atom stereocenters. The Morgan fingerprint density at radius 3 is 2.22 bits per heavy atom. The predicted octanol–water partition coefficient (Wildman–Crippen LogP) is 4.59. The molecule has 5 rings (SSSR count). The summed E-state index contributed by atoms with van der Waals surface area (Å²) >= 11 is 6.10. The maximum absolute atomic E-state index is 15.0. The lowest BCUT2D eigenvalue weighted by Gasteiger charge is -2.42. The Bertz CT molecular complexity index is 1440. The van der Waals surface area contributed by atoms with Gasteiger partial charge in [0, 0.05) is 56.3 Å². The second-order valence-electron chi connectivity index (χ2n) is 11.8. The first-order valence-corrected chi connectivity index (χ1v) is 16.2. The lowest BCUT2D eigenvalue weighted by atomic mass is 9.95. The third kappa shape index (κ3) is 8.08. The molecular formula is C35H42ClF2N5O2. The maximum atomic E-state index is 15.0. The number of carbonyl (C=O) groups is 2. The average molecular weight is 638 g/mol. The molecular weight excluding hydrogens is 596 g/mol. The molecule has 7 nitrogen and oxygen atoms in total. The van der Waals surface area contributed by atoms with Gasteiger partial charge in [-0.2, -0.15) is 0 Å². The van der Waals surface area contributed by atoms with Crippen molar-refractivity contribution in [2.75, 3.05) is 45.8 Å². The number of nitrogens with one attached hydrogen (secondary N) is 2. The second kappa shape index (κ2) is 15.3. The van der Waals surface area contributed by atoms with Crippen LogP contribution in [0.2, 0.25) is 5.02 Å². The van der Waals surface area contributed by atoms with Crippen LogP contribution in [0.25, 0.3) is 0 Å². The van der Waals surface area contributed by atoms with Gasteiger partial charge in [0.2, 0.25) is 11.8 Å². The van der Waals surface area contributed by atoms with Crippen LogP contribution in [0.5, 0.6) is 0 Å². The molecule has 0 aliphatic carbocycles. The molecule has 2 heterocycles. The fourth-order valence-corrected chi connectivity index (χ4v) is 6.51. The van der Waals surface area contributed by atoms with E-state index in [1.807, 2.05) is 44.2 Å². The van der Waals surface area contributed by atoms with Crippen LogP contribution in [0.1, 0.15) is 42.1 Å². The summed E-state index contributed by atoms with van der Waals surface area (Å²) in [5.74, 6) is -1.51. The van der Waals surface area contributed by atoms with E-state index < -0.39 is 29.8 Å². The number of hydrogen-bond donors (Lipinski definition) is 2. The van der Waals surface area contributed by atoms with E-state index in [2.05, 4.69) is 26.5 Å². The molecule has 3 aromatic carbocycles. The van der Waals surface area contributed by atoms with Crippen LogP contribution in [0.4, 0.5) is 8.78 Å². The van der Waals surface area contributed by atoms with Gasteiger partial charge >= 0.3 is 0 Å². The highest BCUT2D eigenvalue weighted by molar-refractivity contribution is 6.30. The van der Waals surface area contributed by atoms with Crippen molar-refractivity contribution in [3.05, 3.63) is 106 Å². The SMILES string of the molecule is CCN(CC)CC(c1c(F)cccc1F)N1CCN(C(=O)[C@@H](Cc2ccc(Cl)cc2)NC(=O)[C@H]2Cc3ccccc3CN2)CC1. The molecule has 2 N–H and O–H groups in total. The predicted molar refractivity (Wildman–Crippen MR) is 173 cm³/mol. The van der Waals surface area contributed by atoms with E-state index >= 15 is 8.78 Å². The van der Waals surface area contributed by atoms with Crippen molar-refractivity contribution in [1.82, 2.24) is 25.3 Å². The third-order valence-electron chi connectivity index (χ3n) is 9.09. The fourth-order valence-electron chi connectivity index (χ4n) is 6.39. The molecule has 0 bridgehead atoms. The van der Waals surface area contributed by atoms with Crippen LogP contribution in [-0.4, -0.2) is 84.4 Å². The van der Waals surface area contributed by atoms with Crippen LogP contribution in [0.3, 0.4) is 0 Å². The Balaban J connectivity index is 1.30. The number of amides is 2. The first-order chi connectivity index (χ1) is 21.8. The van der Waals surface area contributed by atoms with Gasteiger partial charge in [0.1, 0.15) is 17.7 Å². The molecule has 0 spiro atoms. The molecule has 3 atom stereocenters. The molecule has 1 fully saturated rings. The minimum atomic E-state index is -0.778. The number of halogens is 3. The Labute approximate surface area is 269 Å². The van der Waals surface area contributed by atoms with E-state index in [1.165, 1.54) is 23.8 Å². The Morgan fingerprint density at radius 2 is 1.58 bits per heavy atom. The lowest BCUT2D eigenvalue weighted by molar-refractivity contribution is -0.138. The van der Waals surface area contributed by atoms with E-state index in [9.17, 15) is 9.59 Å². The molecule has 0 aromatic heterocycles. The molecule has 2 aliphatic rings. The zero-order valence-corrected chi connectivity index (χ0v) is 26.7. The van der Waals surface area contributed by atoms with Gasteiger partial charge in [-0.3, -0.25) is 14.5 Å². The highest BCUT2D eigenvalue weighted by Crippen LogP contribution is 2.29. The molecule has 2 aliphatic heterocycles. The standard InChI is InChI=1S/C35H42ClF2N5O2/c1-3-41(4-2)23-32(33-28(37)10-7-11-29(33)38)42-16-18-43(19-17-42)35(45)31(20-24-12-14-27(36)15-13-24)40-34(44)30-21-25-8-5-6-9-26(25)22-39-30/h5-15,30-32,39H,3-4,16-23H2,1-2H3,(H,40,44)/t30-,31-,32?/m1/s1. The number of benzene rings is 3. The van der Waals surface area contributed by atoms with Gasteiger partial charge < -0.3 is 20.4 Å². The van der Waals surface area contributed by atoms with Gasteiger partial charge in [-0.05, 0) is 60.5 Å². The van der Waals surface area contributed by atoms with Crippen molar-refractivity contribution in [3.8, 4) is 0 Å². The van der Waals surface area contributed by atoms with Crippen molar-refractivity contribution in [2.45, 2.75) is 51.4 Å². The summed E-state index contributed by atoms with van der Waals surface area (Å²) in [6.45, 7) is 8.32. The van der Waals surface area contributed by atoms with Crippen molar-refractivity contribution in [1.29, 1.82) is 0 Å². The van der Waals surface area contributed by atoms with E-state index in [4.69, 9.17) is 11.6 Å². The molecule has 240 valence electrons. The highest BCUT2D eigenvalue weighted by Gasteiger charge is 2.35. The average Bonchev–Trinajstić information content (AvgIpc) is 3.06. The topological polar surface area (TPSA) is 67.9 Å². The summed E-state index contributed by atoms with van der Waals surface area (Å²) in [5.41, 5.74) is 3.24. The van der Waals surface area contributed by atoms with Crippen LogP contribution < -0.4 is 10.6 Å². The Hall–Kier alpha value is -3.37. The monoisotopic (exact) mass is 637 g/mol. The van der Waals surface area contributed by atoms with Crippen LogP contribution in [0, 0.1) is 11.6 Å². The molecule has 3 aromatic rings. The summed E-state index contributed by atoms with van der Waals surface area (Å²) < 4.78 is 30.0. The van der Waals surface area contributed by atoms with E-state index in [1.54, 1.807) is 17.0 Å². The van der Waals surface area contributed by atoms with E-state index in [0.29, 0.717) is 57.1 Å². The molecule has 0 saturated carbocycles. The second-order valence-corrected chi connectivity index (χ2v) is 12.2. The number of rotatable bonds is 11. The van der Waals surface area contributed by atoms with Crippen LogP contribution in [0.15, 0.2) is 66.7 Å². The maximum Gasteiger partial charge on any atom is 0.245 e. The van der Waals surface area contributed by atoms with Crippen LogP contribution in [-0.2, 0) is 29.0 Å². The number of fused-ring (bicyclic) bond motifs is 1. The van der Waals surface area contributed by atoms with Gasteiger partial charge in [0.15, 0.2) is 0 Å². The van der Waals surface area contributed by atoms with E-state index in [0.717, 1.165) is 24.2 Å². The van der Waals surface area contributed by atoms with Crippen molar-refractivity contribution in [3.63, 3.8) is 0 Å². The first-order valence-electron chi connectivity index (χ1n) is 15.8. The zero-order chi connectivity index (χ0) is 31.9. The normalized spacial score (nSPS) is 18.4. The van der Waals surface area contributed by atoms with Gasteiger partial charge in [-0.1, -0.05) is 67.9 Å². The van der Waals surface area contributed by atoms with Gasteiger partial charge in [-0.25, -0.2) is 8.78 Å².